The summed E-state index contributed by atoms with van der Waals surface area (Å²) in [6.07, 6.45) is 1.61. The van der Waals surface area contributed by atoms with Crippen molar-refractivity contribution in [2.45, 2.75) is 18.3 Å². The number of fused-ring (bicyclic) bond motifs is 2. The molecule has 2 aliphatic rings. The molecule has 9 heteroatoms. The minimum absolute atomic E-state index is 0.00927. The van der Waals surface area contributed by atoms with E-state index in [-0.39, 0.29) is 17.5 Å². The normalized spacial score (nSPS) is 16.5. The topological polar surface area (TPSA) is 81.7 Å². The third-order valence-electron chi connectivity index (χ3n) is 6.51. The van der Waals surface area contributed by atoms with E-state index in [1.165, 1.54) is 16.9 Å². The number of nitrogens with one attached hydrogen (secondary N) is 1. The minimum atomic E-state index is -0.159. The smallest absolute Gasteiger partial charge is 0.323 e. The Bertz CT molecular complexity index is 1170. The minimum Gasteiger partial charge on any atom is -0.330 e. The molecule has 5 rings (SSSR count). The average Bonchev–Trinajstić information content (AvgIpc) is 3.43. The lowest BCUT2D eigenvalue weighted by atomic mass is 9.74. The largest absolute Gasteiger partial charge is 0.330 e. The van der Waals surface area contributed by atoms with Crippen LogP contribution in [0, 0.1) is 0 Å². The van der Waals surface area contributed by atoms with Crippen LogP contribution in [0.4, 0.5) is 20.4 Å². The molecule has 2 aliphatic heterocycles. The Morgan fingerprint density at radius 2 is 1.70 bits per heavy atom. The van der Waals surface area contributed by atoms with Gasteiger partial charge in [0.1, 0.15) is 5.01 Å². The predicted octanol–water partition coefficient (Wildman–Crippen LogP) is 4.27. The summed E-state index contributed by atoms with van der Waals surface area (Å²) in [6, 6.07) is 17.8. The summed E-state index contributed by atoms with van der Waals surface area (Å²) in [5.74, 6) is 0. The van der Waals surface area contributed by atoms with Crippen LogP contribution in [0.2, 0.25) is 0 Å². The van der Waals surface area contributed by atoms with Crippen molar-refractivity contribution in [1.29, 1.82) is 0 Å². The summed E-state index contributed by atoms with van der Waals surface area (Å²) < 4.78 is 0. The van der Waals surface area contributed by atoms with Crippen molar-refractivity contribution >= 4 is 34.2 Å². The highest BCUT2D eigenvalue weighted by Crippen LogP contribution is 2.47. The lowest BCUT2D eigenvalue weighted by Gasteiger charge is -2.39. The van der Waals surface area contributed by atoms with Gasteiger partial charge in [-0.1, -0.05) is 59.9 Å². The second-order valence-corrected chi connectivity index (χ2v) is 9.73. The molecule has 2 aromatic carbocycles. The highest BCUT2D eigenvalue weighted by Gasteiger charge is 2.47. The Hall–Kier alpha value is -3.46. The second kappa shape index (κ2) is 8.47. The van der Waals surface area contributed by atoms with Crippen LogP contribution in [0.25, 0.3) is 10.6 Å². The summed E-state index contributed by atoms with van der Waals surface area (Å²) in [6.45, 7) is 1.89. The van der Waals surface area contributed by atoms with Crippen molar-refractivity contribution in [2.75, 3.05) is 43.9 Å². The summed E-state index contributed by atoms with van der Waals surface area (Å²) in [7, 11) is 3.55. The van der Waals surface area contributed by atoms with Gasteiger partial charge in [0.05, 0.1) is 0 Å². The molecule has 0 bridgehead atoms. The van der Waals surface area contributed by atoms with Crippen LogP contribution in [-0.2, 0) is 5.41 Å². The van der Waals surface area contributed by atoms with Gasteiger partial charge in [0.25, 0.3) is 0 Å². The number of carbonyl (C=O) groups excluding carboxylic acids is 2. The number of anilines is 2. The average molecular weight is 463 g/mol. The number of hydrogen-bond acceptors (Lipinski definition) is 5. The molecule has 33 heavy (non-hydrogen) atoms. The molecule has 4 amide bonds. The van der Waals surface area contributed by atoms with E-state index in [0.717, 1.165) is 29.1 Å². The molecular weight excluding hydrogens is 436 g/mol. The summed E-state index contributed by atoms with van der Waals surface area (Å²) in [5.41, 5.74) is 3.04. The standard InChI is InChI=1S/C24H26N6O2S/c1-28(2)23(32)30-16-24(18-10-6-7-11-19(18)30)12-14-29(15-13-24)22(31)25-21-27-26-20(33-21)17-8-4-3-5-9-17/h3-11H,12-16H2,1-2H3,(H,25,27,31). The van der Waals surface area contributed by atoms with Crippen molar-refractivity contribution in [3.63, 3.8) is 0 Å². The first-order valence-electron chi connectivity index (χ1n) is 11.0. The third kappa shape index (κ3) is 3.93. The van der Waals surface area contributed by atoms with Crippen molar-refractivity contribution in [3.05, 3.63) is 60.2 Å². The third-order valence-corrected chi connectivity index (χ3v) is 7.40. The van der Waals surface area contributed by atoms with Crippen LogP contribution < -0.4 is 10.2 Å². The molecule has 0 radical (unpaired) electrons. The van der Waals surface area contributed by atoms with Crippen molar-refractivity contribution < 1.29 is 9.59 Å². The molecule has 0 aliphatic carbocycles. The van der Waals surface area contributed by atoms with Crippen LogP contribution in [0.15, 0.2) is 54.6 Å². The maximum Gasteiger partial charge on any atom is 0.323 e. The van der Waals surface area contributed by atoms with Gasteiger partial charge in [-0.25, -0.2) is 9.59 Å². The fourth-order valence-electron chi connectivity index (χ4n) is 4.75. The van der Waals surface area contributed by atoms with Gasteiger partial charge in [-0.3, -0.25) is 10.2 Å². The van der Waals surface area contributed by atoms with E-state index >= 15 is 0 Å². The zero-order valence-electron chi connectivity index (χ0n) is 18.7. The SMILES string of the molecule is CN(C)C(=O)N1CC2(CCN(C(=O)Nc3nnc(-c4ccccc4)s3)CC2)c2ccccc21. The summed E-state index contributed by atoms with van der Waals surface area (Å²) in [4.78, 5) is 31.0. The number of aromatic nitrogens is 2. The highest BCUT2D eigenvalue weighted by atomic mass is 32.1. The molecule has 1 fully saturated rings. The summed E-state index contributed by atoms with van der Waals surface area (Å²) >= 11 is 1.36. The maximum atomic E-state index is 12.9. The molecule has 1 spiro atoms. The molecule has 0 saturated carbocycles. The highest BCUT2D eigenvalue weighted by molar-refractivity contribution is 7.18. The van der Waals surface area contributed by atoms with Crippen LogP contribution in [0.5, 0.6) is 0 Å². The van der Waals surface area contributed by atoms with Gasteiger partial charge >= 0.3 is 12.1 Å². The number of piperidine rings is 1. The fraction of sp³-hybridized carbons (Fsp3) is 0.333. The van der Waals surface area contributed by atoms with Gasteiger partial charge in [0, 0.05) is 50.4 Å². The number of likely N-dealkylation sites (tertiary alicyclic amines) is 1. The quantitative estimate of drug-likeness (QED) is 0.617. The van der Waals surface area contributed by atoms with E-state index in [1.807, 2.05) is 58.3 Å². The maximum absolute atomic E-state index is 12.9. The molecule has 170 valence electrons. The Morgan fingerprint density at radius 3 is 2.42 bits per heavy atom. The van der Waals surface area contributed by atoms with Gasteiger partial charge in [-0.2, -0.15) is 0 Å². The first-order chi connectivity index (χ1) is 16.0. The number of nitrogens with zero attached hydrogens (tertiary/aromatic N) is 5. The van der Waals surface area contributed by atoms with Crippen LogP contribution in [0.1, 0.15) is 18.4 Å². The number of urea groups is 2. The number of benzene rings is 2. The summed E-state index contributed by atoms with van der Waals surface area (Å²) in [5, 5.41) is 12.5. The number of para-hydroxylation sites is 1. The molecule has 1 saturated heterocycles. The lowest BCUT2D eigenvalue weighted by Crippen LogP contribution is -2.49. The second-order valence-electron chi connectivity index (χ2n) is 8.76. The molecule has 3 heterocycles. The Labute approximate surface area is 196 Å². The van der Waals surface area contributed by atoms with Crippen molar-refractivity contribution in [2.24, 2.45) is 0 Å². The fourth-order valence-corrected chi connectivity index (χ4v) is 5.49. The number of hydrogen-bond donors (Lipinski definition) is 1. The van der Waals surface area contributed by atoms with Gasteiger partial charge < -0.3 is 9.80 Å². The Kier molecular flexibility index (Phi) is 5.49. The molecule has 1 N–H and O–H groups in total. The van der Waals surface area contributed by atoms with E-state index < -0.39 is 0 Å². The van der Waals surface area contributed by atoms with E-state index in [2.05, 4.69) is 21.6 Å². The Morgan fingerprint density at radius 1 is 1.00 bits per heavy atom. The number of amides is 4. The Balaban J connectivity index is 1.26. The predicted molar refractivity (Wildman–Crippen MR) is 130 cm³/mol. The number of carbonyl (C=O) groups is 2. The molecule has 0 unspecified atom stereocenters. The monoisotopic (exact) mass is 462 g/mol. The molecular formula is C24H26N6O2S. The number of rotatable bonds is 2. The van der Waals surface area contributed by atoms with Gasteiger partial charge in [0.15, 0.2) is 0 Å². The first-order valence-corrected chi connectivity index (χ1v) is 11.8. The van der Waals surface area contributed by atoms with Crippen LogP contribution >= 0.6 is 11.3 Å². The van der Waals surface area contributed by atoms with Crippen LogP contribution in [0.3, 0.4) is 0 Å². The first kappa shape index (κ1) is 21.4. The van der Waals surface area contributed by atoms with E-state index in [0.29, 0.717) is 24.8 Å². The van der Waals surface area contributed by atoms with Gasteiger partial charge in [-0.15, -0.1) is 10.2 Å². The molecule has 0 atom stereocenters. The molecule has 3 aromatic rings. The lowest BCUT2D eigenvalue weighted by molar-refractivity contribution is 0.171. The van der Waals surface area contributed by atoms with Gasteiger partial charge in [-0.05, 0) is 24.5 Å². The van der Waals surface area contributed by atoms with E-state index in [9.17, 15) is 9.59 Å². The zero-order valence-corrected chi connectivity index (χ0v) is 19.5. The van der Waals surface area contributed by atoms with Crippen molar-refractivity contribution in [3.8, 4) is 10.6 Å². The van der Waals surface area contributed by atoms with Crippen LogP contribution in [-0.4, -0.2) is 65.8 Å². The van der Waals surface area contributed by atoms with Gasteiger partial charge in [0.2, 0.25) is 5.13 Å². The molecule has 1 aromatic heterocycles. The van der Waals surface area contributed by atoms with E-state index in [4.69, 9.17) is 0 Å². The van der Waals surface area contributed by atoms with Crippen molar-refractivity contribution in [1.82, 2.24) is 20.0 Å². The van der Waals surface area contributed by atoms with E-state index in [1.54, 1.807) is 19.0 Å². The molecule has 8 nitrogen and oxygen atoms in total. The zero-order chi connectivity index (χ0) is 23.0.